The van der Waals surface area contributed by atoms with Crippen LogP contribution in [0.25, 0.3) is 0 Å². The van der Waals surface area contributed by atoms with E-state index in [0.717, 1.165) is 5.56 Å². The largest absolute Gasteiger partial charge is 0.340 e. The normalized spacial score (nSPS) is 11.9. The Hall–Kier alpha value is -0.480. The summed E-state index contributed by atoms with van der Waals surface area (Å²) in [6, 6.07) is 4.88. The van der Waals surface area contributed by atoms with Gasteiger partial charge in [-0.2, -0.15) is 0 Å². The van der Waals surface area contributed by atoms with E-state index in [2.05, 4.69) is 0 Å². The first-order valence-electron chi connectivity index (χ1n) is 5.78. The van der Waals surface area contributed by atoms with Crippen molar-refractivity contribution in [3.63, 3.8) is 0 Å². The number of carbonyl (C=O) groups is 1. The molecule has 1 aromatic carbocycles. The quantitative estimate of drug-likeness (QED) is 0.922. The Morgan fingerprint density at radius 3 is 2.47 bits per heavy atom. The van der Waals surface area contributed by atoms with Gasteiger partial charge in [0.15, 0.2) is 0 Å². The summed E-state index contributed by atoms with van der Waals surface area (Å²) < 4.78 is 0. The molecule has 0 saturated heterocycles. The lowest BCUT2D eigenvalue weighted by Gasteiger charge is -2.24. The number of benzene rings is 1. The van der Waals surface area contributed by atoms with Crippen LogP contribution in [0.5, 0.6) is 0 Å². The molecule has 0 spiro atoms. The second kappa shape index (κ2) is 7.95. The summed E-state index contributed by atoms with van der Waals surface area (Å²) in [6.07, 6.45) is 0. The molecule has 1 rings (SSSR count). The van der Waals surface area contributed by atoms with E-state index in [1.54, 1.807) is 18.0 Å². The van der Waals surface area contributed by atoms with Crippen LogP contribution in [0.3, 0.4) is 0 Å². The van der Waals surface area contributed by atoms with Crippen LogP contribution >= 0.6 is 35.6 Å². The third-order valence-electron chi connectivity index (χ3n) is 2.82. The molecule has 0 radical (unpaired) electrons. The maximum absolute atomic E-state index is 12.0. The van der Waals surface area contributed by atoms with Gasteiger partial charge in [-0.25, -0.2) is 0 Å². The van der Waals surface area contributed by atoms with E-state index in [1.807, 2.05) is 26.0 Å². The van der Waals surface area contributed by atoms with Crippen LogP contribution in [-0.4, -0.2) is 23.9 Å². The van der Waals surface area contributed by atoms with Crippen molar-refractivity contribution < 1.29 is 4.79 Å². The van der Waals surface area contributed by atoms with Crippen LogP contribution in [0.2, 0.25) is 10.0 Å². The molecule has 0 aromatic heterocycles. The van der Waals surface area contributed by atoms with E-state index in [4.69, 9.17) is 28.9 Å². The monoisotopic (exact) mass is 324 g/mol. The van der Waals surface area contributed by atoms with Crippen LogP contribution in [0, 0.1) is 5.92 Å². The molecule has 0 aliphatic rings. The summed E-state index contributed by atoms with van der Waals surface area (Å²) in [5.74, 6) is 0.0100. The Kier molecular flexibility index (Phi) is 7.75. The molecule has 0 aliphatic heterocycles. The first kappa shape index (κ1) is 18.5. The fourth-order valence-electron chi connectivity index (χ4n) is 1.54. The first-order chi connectivity index (χ1) is 8.34. The maximum Gasteiger partial charge on any atom is 0.239 e. The fraction of sp³-hybridized carbons (Fsp3) is 0.462. The number of likely N-dealkylation sites (N-methyl/N-ethyl adjacent to an activating group) is 1. The Bertz CT molecular complexity index is 438. The molecule has 19 heavy (non-hydrogen) atoms. The molecule has 108 valence electrons. The minimum Gasteiger partial charge on any atom is -0.340 e. The van der Waals surface area contributed by atoms with Gasteiger partial charge in [-0.1, -0.05) is 49.2 Å². The smallest absolute Gasteiger partial charge is 0.239 e. The van der Waals surface area contributed by atoms with Crippen LogP contribution in [-0.2, 0) is 11.3 Å². The molecular formula is C13H19Cl3N2O. The molecule has 0 aliphatic carbocycles. The van der Waals surface area contributed by atoms with Gasteiger partial charge in [0.25, 0.3) is 0 Å². The van der Waals surface area contributed by atoms with E-state index in [0.29, 0.717) is 16.6 Å². The average molecular weight is 326 g/mol. The summed E-state index contributed by atoms with van der Waals surface area (Å²) in [6.45, 7) is 4.24. The summed E-state index contributed by atoms with van der Waals surface area (Å²) in [5.41, 5.74) is 6.65. The van der Waals surface area contributed by atoms with Crippen molar-refractivity contribution in [3.8, 4) is 0 Å². The highest BCUT2D eigenvalue weighted by atomic mass is 35.5. The zero-order chi connectivity index (χ0) is 13.9. The van der Waals surface area contributed by atoms with Crippen LogP contribution in [0.1, 0.15) is 19.4 Å². The summed E-state index contributed by atoms with van der Waals surface area (Å²) in [7, 11) is 1.71. The number of carbonyl (C=O) groups excluding carboxylic acids is 1. The highest BCUT2D eigenvalue weighted by Gasteiger charge is 2.21. The third-order valence-corrected chi connectivity index (χ3v) is 3.68. The number of halogens is 3. The highest BCUT2D eigenvalue weighted by Crippen LogP contribution is 2.26. The molecule has 6 heteroatoms. The molecule has 3 nitrogen and oxygen atoms in total. The fourth-order valence-corrected chi connectivity index (χ4v) is 1.92. The number of rotatable bonds is 4. The molecule has 1 amide bonds. The Labute approximate surface area is 130 Å². The topological polar surface area (TPSA) is 46.3 Å². The molecule has 1 atom stereocenters. The highest BCUT2D eigenvalue weighted by molar-refractivity contribution is 6.42. The van der Waals surface area contributed by atoms with Crippen molar-refractivity contribution in [1.29, 1.82) is 0 Å². The zero-order valence-electron chi connectivity index (χ0n) is 11.2. The molecule has 0 unspecified atom stereocenters. The lowest BCUT2D eigenvalue weighted by atomic mass is 10.0. The van der Waals surface area contributed by atoms with E-state index in [1.165, 1.54) is 0 Å². The molecule has 1 aromatic rings. The van der Waals surface area contributed by atoms with E-state index < -0.39 is 6.04 Å². The van der Waals surface area contributed by atoms with Gasteiger partial charge >= 0.3 is 0 Å². The van der Waals surface area contributed by atoms with Gasteiger partial charge in [0.2, 0.25) is 5.91 Å². The number of nitrogens with two attached hydrogens (primary N) is 1. The van der Waals surface area contributed by atoms with Crippen molar-refractivity contribution in [1.82, 2.24) is 4.90 Å². The van der Waals surface area contributed by atoms with Crippen LogP contribution < -0.4 is 5.73 Å². The minimum atomic E-state index is -0.493. The first-order valence-corrected chi connectivity index (χ1v) is 6.53. The number of nitrogens with zero attached hydrogens (tertiary/aromatic N) is 1. The average Bonchev–Trinajstić information content (AvgIpc) is 2.32. The predicted octanol–water partition coefficient (Wildman–Crippen LogP) is 3.36. The lowest BCUT2D eigenvalue weighted by molar-refractivity contribution is -0.132. The minimum absolute atomic E-state index is 0. The van der Waals surface area contributed by atoms with Gasteiger partial charge in [0, 0.05) is 13.6 Å². The Morgan fingerprint density at radius 1 is 1.37 bits per heavy atom. The van der Waals surface area contributed by atoms with Crippen LogP contribution in [0.4, 0.5) is 0 Å². The zero-order valence-corrected chi connectivity index (χ0v) is 13.5. The molecular weight excluding hydrogens is 307 g/mol. The molecule has 2 N–H and O–H groups in total. The van der Waals surface area contributed by atoms with Gasteiger partial charge in [-0.15, -0.1) is 12.4 Å². The van der Waals surface area contributed by atoms with Crippen molar-refractivity contribution in [2.24, 2.45) is 11.7 Å². The van der Waals surface area contributed by atoms with E-state index in [9.17, 15) is 4.79 Å². The molecule has 0 bridgehead atoms. The van der Waals surface area contributed by atoms with Crippen molar-refractivity contribution >= 4 is 41.5 Å². The molecule has 0 heterocycles. The predicted molar refractivity (Wildman–Crippen MR) is 83.0 cm³/mol. The van der Waals surface area contributed by atoms with Gasteiger partial charge in [-0.3, -0.25) is 4.79 Å². The standard InChI is InChI=1S/C13H18Cl2N2O.ClH/c1-8(2)12(16)13(18)17(3)7-9-5-4-6-10(14)11(9)15;/h4-6,8,12H,7,16H2,1-3H3;1H/t12-;/m1./s1. The lowest BCUT2D eigenvalue weighted by Crippen LogP contribution is -2.44. The number of amides is 1. The summed E-state index contributed by atoms with van der Waals surface area (Å²) in [4.78, 5) is 13.6. The Morgan fingerprint density at radius 2 is 1.95 bits per heavy atom. The second-order valence-corrected chi connectivity index (χ2v) is 5.46. The second-order valence-electron chi connectivity index (χ2n) is 4.68. The van der Waals surface area contributed by atoms with Crippen molar-refractivity contribution in [3.05, 3.63) is 33.8 Å². The van der Waals surface area contributed by atoms with Crippen LogP contribution in [0.15, 0.2) is 18.2 Å². The summed E-state index contributed by atoms with van der Waals surface area (Å²) in [5, 5.41) is 0.972. The van der Waals surface area contributed by atoms with Gasteiger partial charge in [-0.05, 0) is 17.5 Å². The van der Waals surface area contributed by atoms with Gasteiger partial charge < -0.3 is 10.6 Å². The summed E-state index contributed by atoms with van der Waals surface area (Å²) >= 11 is 12.0. The van der Waals surface area contributed by atoms with E-state index >= 15 is 0 Å². The Balaban J connectivity index is 0.00000324. The third kappa shape index (κ3) is 4.84. The maximum atomic E-state index is 12.0. The van der Waals surface area contributed by atoms with Crippen molar-refractivity contribution in [2.75, 3.05) is 7.05 Å². The number of hydrogen-bond acceptors (Lipinski definition) is 2. The molecule has 0 fully saturated rings. The van der Waals surface area contributed by atoms with Gasteiger partial charge in [0.1, 0.15) is 0 Å². The van der Waals surface area contributed by atoms with Gasteiger partial charge in [0.05, 0.1) is 16.1 Å². The molecule has 0 saturated carbocycles. The van der Waals surface area contributed by atoms with Crippen molar-refractivity contribution in [2.45, 2.75) is 26.4 Å². The number of hydrogen-bond donors (Lipinski definition) is 1. The SMILES string of the molecule is CC(C)[C@@H](N)C(=O)N(C)Cc1cccc(Cl)c1Cl.Cl. The van der Waals surface area contributed by atoms with E-state index in [-0.39, 0.29) is 24.2 Å².